The highest BCUT2D eigenvalue weighted by atomic mass is 35.5. The van der Waals surface area contributed by atoms with Gasteiger partial charge in [-0.05, 0) is 48.5 Å². The molecule has 1 amide bonds. The van der Waals surface area contributed by atoms with Gasteiger partial charge in [-0.1, -0.05) is 11.6 Å². The lowest BCUT2D eigenvalue weighted by Gasteiger charge is -2.17. The number of fused-ring (bicyclic) bond motifs is 1. The Morgan fingerprint density at radius 2 is 1.87 bits per heavy atom. The number of carbonyl (C=O) groups excluding carboxylic acids is 1. The van der Waals surface area contributed by atoms with E-state index in [4.69, 9.17) is 11.6 Å². The van der Waals surface area contributed by atoms with Crippen LogP contribution in [0.5, 0.6) is 0 Å². The first-order valence-corrected chi connectivity index (χ1v) is 10.9. The third kappa shape index (κ3) is 5.24. The van der Waals surface area contributed by atoms with Gasteiger partial charge in [0.15, 0.2) is 0 Å². The molecule has 2 aromatic carbocycles. The van der Waals surface area contributed by atoms with Crippen LogP contribution in [0.25, 0.3) is 10.9 Å². The third-order valence-electron chi connectivity index (χ3n) is 4.36. The van der Waals surface area contributed by atoms with E-state index in [1.807, 2.05) is 12.1 Å². The summed E-state index contributed by atoms with van der Waals surface area (Å²) >= 11 is 5.98. The average molecular weight is 451 g/mol. The van der Waals surface area contributed by atoms with Crippen LogP contribution in [-0.2, 0) is 14.8 Å². The van der Waals surface area contributed by atoms with Gasteiger partial charge in [-0.15, -0.1) is 0 Å². The Kier molecular flexibility index (Phi) is 6.86. The molecule has 0 atom stereocenters. The highest BCUT2D eigenvalue weighted by Gasteiger charge is 2.22. The molecule has 0 aliphatic heterocycles. The Bertz CT molecular complexity index is 1160. The molecule has 10 heteroatoms. The minimum absolute atomic E-state index is 0.0782. The molecule has 0 unspecified atom stereocenters. The van der Waals surface area contributed by atoms with Crippen LogP contribution in [0.4, 0.5) is 10.1 Å². The van der Waals surface area contributed by atoms with E-state index < -0.39 is 21.7 Å². The normalized spacial score (nSPS) is 11.6. The van der Waals surface area contributed by atoms with Gasteiger partial charge in [0.1, 0.15) is 5.82 Å². The first-order chi connectivity index (χ1) is 14.3. The van der Waals surface area contributed by atoms with Crippen molar-refractivity contribution < 1.29 is 17.6 Å². The molecule has 0 aliphatic rings. The summed E-state index contributed by atoms with van der Waals surface area (Å²) in [5.74, 6) is -0.983. The molecule has 158 valence electrons. The molecule has 30 heavy (non-hydrogen) atoms. The van der Waals surface area contributed by atoms with E-state index in [1.54, 1.807) is 18.3 Å². The number of hydrogen-bond acceptors (Lipinski definition) is 5. The van der Waals surface area contributed by atoms with Crippen molar-refractivity contribution in [2.45, 2.75) is 4.90 Å². The summed E-state index contributed by atoms with van der Waals surface area (Å²) in [6.45, 7) is 0.374. The molecule has 7 nitrogen and oxygen atoms in total. The van der Waals surface area contributed by atoms with Crippen molar-refractivity contribution in [1.82, 2.24) is 14.6 Å². The van der Waals surface area contributed by atoms with Crippen molar-refractivity contribution >= 4 is 44.1 Å². The summed E-state index contributed by atoms with van der Waals surface area (Å²) < 4.78 is 38.8. The van der Waals surface area contributed by atoms with E-state index in [1.165, 1.54) is 7.05 Å². The SMILES string of the molecule is CN(CC(=O)NCCNc1ccnc2cc(Cl)ccc12)S(=O)(=O)c1ccc(F)cc1. The van der Waals surface area contributed by atoms with Crippen LogP contribution in [0.15, 0.2) is 59.6 Å². The Balaban J connectivity index is 1.51. The van der Waals surface area contributed by atoms with Gasteiger partial charge in [0.2, 0.25) is 15.9 Å². The summed E-state index contributed by atoms with van der Waals surface area (Å²) in [5, 5.41) is 7.38. The largest absolute Gasteiger partial charge is 0.383 e. The maximum atomic E-state index is 13.0. The number of aromatic nitrogens is 1. The zero-order chi connectivity index (χ0) is 21.7. The van der Waals surface area contributed by atoms with Crippen LogP contribution >= 0.6 is 11.6 Å². The Labute approximate surface area is 178 Å². The zero-order valence-corrected chi connectivity index (χ0v) is 17.7. The van der Waals surface area contributed by atoms with Crippen LogP contribution in [0.1, 0.15) is 0 Å². The molecule has 0 spiro atoms. The van der Waals surface area contributed by atoms with Gasteiger partial charge in [-0.25, -0.2) is 12.8 Å². The van der Waals surface area contributed by atoms with Crippen molar-refractivity contribution in [3.63, 3.8) is 0 Å². The van der Waals surface area contributed by atoms with Gasteiger partial charge < -0.3 is 10.6 Å². The topological polar surface area (TPSA) is 91.4 Å². The molecule has 0 saturated heterocycles. The van der Waals surface area contributed by atoms with Crippen LogP contribution in [0, 0.1) is 5.82 Å². The number of hydrogen-bond donors (Lipinski definition) is 2. The number of pyridine rings is 1. The van der Waals surface area contributed by atoms with E-state index in [2.05, 4.69) is 15.6 Å². The van der Waals surface area contributed by atoms with Crippen LogP contribution < -0.4 is 10.6 Å². The molecule has 1 heterocycles. The van der Waals surface area contributed by atoms with Crippen LogP contribution in [0.2, 0.25) is 5.02 Å². The number of nitrogens with zero attached hydrogens (tertiary/aromatic N) is 2. The van der Waals surface area contributed by atoms with E-state index in [-0.39, 0.29) is 11.4 Å². The number of anilines is 1. The highest BCUT2D eigenvalue weighted by molar-refractivity contribution is 7.89. The standard InChI is InChI=1S/C20H20ClFN4O3S/c1-26(30(28,29)16-5-3-15(22)4-6-16)13-20(27)25-11-10-24-18-8-9-23-19-12-14(21)2-7-17(18)19/h2-9,12H,10-11,13H2,1H3,(H,23,24)(H,25,27). The molecular weight excluding hydrogens is 431 g/mol. The fraction of sp³-hybridized carbons (Fsp3) is 0.200. The summed E-state index contributed by atoms with van der Waals surface area (Å²) in [7, 11) is -2.58. The van der Waals surface area contributed by atoms with Gasteiger partial charge in [-0.2, -0.15) is 4.31 Å². The Morgan fingerprint density at radius 1 is 1.13 bits per heavy atom. The second-order valence-corrected chi connectivity index (χ2v) is 8.99. The summed E-state index contributed by atoms with van der Waals surface area (Å²) in [4.78, 5) is 16.3. The molecular formula is C20H20ClFN4O3S. The number of rotatable bonds is 8. The predicted octanol–water partition coefficient (Wildman–Crippen LogP) is 2.88. The lowest BCUT2D eigenvalue weighted by Crippen LogP contribution is -2.39. The molecule has 0 bridgehead atoms. The van der Waals surface area contributed by atoms with Crippen molar-refractivity contribution in [2.75, 3.05) is 32.0 Å². The number of amides is 1. The molecule has 1 aromatic heterocycles. The lowest BCUT2D eigenvalue weighted by molar-refractivity contribution is -0.121. The van der Waals surface area contributed by atoms with E-state index in [0.717, 1.165) is 45.2 Å². The minimum Gasteiger partial charge on any atom is -0.383 e. The monoisotopic (exact) mass is 450 g/mol. The van der Waals surface area contributed by atoms with Gasteiger partial charge in [0, 0.05) is 42.4 Å². The fourth-order valence-corrected chi connectivity index (χ4v) is 4.10. The van der Waals surface area contributed by atoms with Gasteiger partial charge in [0.25, 0.3) is 0 Å². The number of halogens is 2. The lowest BCUT2D eigenvalue weighted by atomic mass is 10.2. The fourth-order valence-electron chi connectivity index (χ4n) is 2.80. The van der Waals surface area contributed by atoms with E-state index in [0.29, 0.717) is 18.1 Å². The van der Waals surface area contributed by atoms with E-state index in [9.17, 15) is 17.6 Å². The zero-order valence-electron chi connectivity index (χ0n) is 16.1. The minimum atomic E-state index is -3.88. The maximum Gasteiger partial charge on any atom is 0.243 e. The Morgan fingerprint density at radius 3 is 2.60 bits per heavy atom. The summed E-state index contributed by atoms with van der Waals surface area (Å²) in [6.07, 6.45) is 1.66. The molecule has 0 fully saturated rings. The van der Waals surface area contributed by atoms with Crippen molar-refractivity contribution in [3.05, 3.63) is 65.6 Å². The molecule has 3 rings (SSSR count). The van der Waals surface area contributed by atoms with Crippen molar-refractivity contribution in [2.24, 2.45) is 0 Å². The third-order valence-corrected chi connectivity index (χ3v) is 6.41. The number of carbonyl (C=O) groups is 1. The van der Waals surface area contributed by atoms with Crippen molar-refractivity contribution in [3.8, 4) is 0 Å². The predicted molar refractivity (Wildman–Crippen MR) is 114 cm³/mol. The molecule has 0 aliphatic carbocycles. The summed E-state index contributed by atoms with van der Waals surface area (Å²) in [5.41, 5.74) is 1.60. The average Bonchev–Trinajstić information content (AvgIpc) is 2.71. The van der Waals surface area contributed by atoms with E-state index >= 15 is 0 Å². The molecule has 3 aromatic rings. The molecule has 0 saturated carbocycles. The Hall–Kier alpha value is -2.75. The molecule has 0 radical (unpaired) electrons. The molecule has 2 N–H and O–H groups in total. The first-order valence-electron chi connectivity index (χ1n) is 9.04. The number of nitrogens with one attached hydrogen (secondary N) is 2. The quantitative estimate of drug-likeness (QED) is 0.515. The smallest absolute Gasteiger partial charge is 0.243 e. The first kappa shape index (κ1) is 21.9. The van der Waals surface area contributed by atoms with Gasteiger partial charge in [0.05, 0.1) is 17.0 Å². The van der Waals surface area contributed by atoms with Crippen LogP contribution in [-0.4, -0.2) is 50.3 Å². The number of sulfonamides is 1. The number of likely N-dealkylation sites (N-methyl/N-ethyl adjacent to an activating group) is 1. The van der Waals surface area contributed by atoms with Gasteiger partial charge in [-0.3, -0.25) is 9.78 Å². The highest BCUT2D eigenvalue weighted by Crippen LogP contribution is 2.24. The van der Waals surface area contributed by atoms with Gasteiger partial charge >= 0.3 is 0 Å². The summed E-state index contributed by atoms with van der Waals surface area (Å²) in [6, 6.07) is 11.7. The second-order valence-electron chi connectivity index (χ2n) is 6.51. The van der Waals surface area contributed by atoms with Crippen LogP contribution in [0.3, 0.4) is 0 Å². The maximum absolute atomic E-state index is 13.0. The van der Waals surface area contributed by atoms with Crippen molar-refractivity contribution in [1.29, 1.82) is 0 Å². The second kappa shape index (κ2) is 9.38. The number of benzene rings is 2.